The predicted molar refractivity (Wildman–Crippen MR) is 193 cm³/mol. The molecule has 3 heterocycles. The lowest BCUT2D eigenvalue weighted by atomic mass is 9.97. The Bertz CT molecular complexity index is 2130. The van der Waals surface area contributed by atoms with E-state index in [2.05, 4.69) is 45.6 Å². The second-order valence-corrected chi connectivity index (χ2v) is 13.5. The van der Waals surface area contributed by atoms with Crippen molar-refractivity contribution in [1.29, 1.82) is 0 Å². The highest BCUT2D eigenvalue weighted by Gasteiger charge is 2.25. The number of aromatic nitrogens is 5. The molecule has 15 nitrogen and oxygen atoms in total. The maximum atomic E-state index is 13.3. The first-order valence-corrected chi connectivity index (χ1v) is 17.1. The van der Waals surface area contributed by atoms with Gasteiger partial charge in [0.25, 0.3) is 0 Å². The van der Waals surface area contributed by atoms with Gasteiger partial charge in [-0.3, -0.25) is 0 Å². The Labute approximate surface area is 288 Å². The average molecular weight is 698 g/mol. The molecule has 1 aliphatic rings. The zero-order chi connectivity index (χ0) is 35.4. The second-order valence-electron chi connectivity index (χ2n) is 11.7. The topological polar surface area (TPSA) is 214 Å². The minimum atomic E-state index is -3.86. The molecule has 0 bridgehead atoms. The van der Waals surface area contributed by atoms with Gasteiger partial charge in [0.15, 0.2) is 11.6 Å². The van der Waals surface area contributed by atoms with Gasteiger partial charge in [0.2, 0.25) is 33.8 Å². The van der Waals surface area contributed by atoms with E-state index in [1.165, 1.54) is 24.3 Å². The molecular weight excluding hydrogens is 662 g/mol. The number of benzene rings is 3. The molecule has 3 aromatic carbocycles. The number of nitrogens with zero attached hydrogens (tertiary/aromatic N) is 7. The maximum Gasteiger partial charge on any atom is 0.240 e. The monoisotopic (exact) mass is 697 g/mol. The van der Waals surface area contributed by atoms with Crippen molar-refractivity contribution in [2.24, 2.45) is 4.99 Å². The molecule has 2 aromatic heterocycles. The summed E-state index contributed by atoms with van der Waals surface area (Å²) in [6.45, 7) is 2.25. The first-order valence-electron chi connectivity index (χ1n) is 15.6. The van der Waals surface area contributed by atoms with E-state index < -0.39 is 10.0 Å². The van der Waals surface area contributed by atoms with E-state index in [0.29, 0.717) is 40.8 Å². The van der Waals surface area contributed by atoms with Gasteiger partial charge >= 0.3 is 0 Å². The van der Waals surface area contributed by atoms with Crippen molar-refractivity contribution in [2.45, 2.75) is 24.3 Å². The van der Waals surface area contributed by atoms with Gasteiger partial charge in [-0.25, -0.2) is 22.5 Å². The first-order chi connectivity index (χ1) is 23.9. The van der Waals surface area contributed by atoms with Crippen LogP contribution in [0.3, 0.4) is 0 Å². The molecule has 1 aliphatic heterocycles. The summed E-state index contributed by atoms with van der Waals surface area (Å²) in [5.74, 6) is 1.06. The van der Waals surface area contributed by atoms with E-state index >= 15 is 0 Å². The Hall–Kier alpha value is -5.94. The van der Waals surface area contributed by atoms with E-state index in [1.807, 2.05) is 31.2 Å². The molecule has 0 saturated heterocycles. The van der Waals surface area contributed by atoms with Crippen LogP contribution in [0.5, 0.6) is 0 Å². The summed E-state index contributed by atoms with van der Waals surface area (Å²) in [6, 6.07) is 20.1. The molecule has 0 amide bonds. The van der Waals surface area contributed by atoms with Gasteiger partial charge in [-0.15, -0.1) is 0 Å². The van der Waals surface area contributed by atoms with E-state index in [4.69, 9.17) is 16.5 Å². The molecule has 0 aliphatic carbocycles. The number of rotatable bonds is 11. The van der Waals surface area contributed by atoms with Crippen molar-refractivity contribution in [1.82, 2.24) is 29.6 Å². The number of nitrogen functional groups attached to an aromatic ring is 2. The smallest absolute Gasteiger partial charge is 0.240 e. The second kappa shape index (κ2) is 14.3. The molecule has 5 aromatic rings. The molecular formula is C33H36FN13O2S. The highest BCUT2D eigenvalue weighted by Crippen LogP contribution is 2.37. The summed E-state index contributed by atoms with van der Waals surface area (Å²) in [5, 5.41) is 9.46. The van der Waals surface area contributed by atoms with Crippen LogP contribution in [0.25, 0.3) is 0 Å². The molecule has 6 rings (SSSR count). The van der Waals surface area contributed by atoms with Crippen molar-refractivity contribution in [3.8, 4) is 0 Å². The first kappa shape index (κ1) is 33.9. The van der Waals surface area contributed by atoms with Crippen molar-refractivity contribution in [2.75, 3.05) is 59.5 Å². The van der Waals surface area contributed by atoms with Crippen molar-refractivity contribution in [3.05, 3.63) is 95.3 Å². The molecule has 50 heavy (non-hydrogen) atoms. The summed E-state index contributed by atoms with van der Waals surface area (Å²) < 4.78 is 42.3. The lowest BCUT2D eigenvalue weighted by molar-refractivity contribution is 0.583. The molecule has 1 atom stereocenters. The van der Waals surface area contributed by atoms with Crippen LogP contribution in [-0.2, 0) is 10.0 Å². The quantitative estimate of drug-likeness (QED) is 0.107. The van der Waals surface area contributed by atoms with Gasteiger partial charge < -0.3 is 32.3 Å². The van der Waals surface area contributed by atoms with Crippen LogP contribution in [0.15, 0.2) is 82.7 Å². The number of aryl methyl sites for hydroxylation is 1. The van der Waals surface area contributed by atoms with Gasteiger partial charge in [0, 0.05) is 39.3 Å². The Morgan fingerprint density at radius 1 is 0.880 bits per heavy atom. The number of anilines is 7. The SMILES string of the molecule is Cc1ccc(C2CC(c3ccc(S(=O)(=O)NCCNc4nc(Nc5ccc(F)cc5)nc(N(C)C)n4)cc3)=Nc3c(N)nc(N)nc3N2)cc1. The summed E-state index contributed by atoms with van der Waals surface area (Å²) in [7, 11) is -0.304. The molecule has 0 saturated carbocycles. The zero-order valence-corrected chi connectivity index (χ0v) is 28.3. The number of halogens is 1. The average Bonchev–Trinajstić information content (AvgIpc) is 3.28. The Morgan fingerprint density at radius 2 is 1.58 bits per heavy atom. The summed E-state index contributed by atoms with van der Waals surface area (Å²) in [6.07, 6.45) is 0.461. The predicted octanol–water partition coefficient (Wildman–Crippen LogP) is 4.15. The van der Waals surface area contributed by atoms with Gasteiger partial charge in [-0.2, -0.15) is 24.9 Å². The van der Waals surface area contributed by atoms with Gasteiger partial charge in [0.1, 0.15) is 11.5 Å². The van der Waals surface area contributed by atoms with E-state index in [1.54, 1.807) is 43.3 Å². The van der Waals surface area contributed by atoms with Crippen LogP contribution in [0, 0.1) is 12.7 Å². The number of sulfonamides is 1. The highest BCUT2D eigenvalue weighted by molar-refractivity contribution is 7.89. The van der Waals surface area contributed by atoms with E-state index in [9.17, 15) is 12.8 Å². The fourth-order valence-corrected chi connectivity index (χ4v) is 6.14. The normalized spacial score (nSPS) is 14.2. The summed E-state index contributed by atoms with van der Waals surface area (Å²) in [4.78, 5) is 28.1. The Kier molecular flexibility index (Phi) is 9.69. The molecule has 0 fully saturated rings. The zero-order valence-electron chi connectivity index (χ0n) is 27.5. The summed E-state index contributed by atoms with van der Waals surface area (Å²) >= 11 is 0. The minimum Gasteiger partial charge on any atom is -0.382 e. The third-order valence-corrected chi connectivity index (χ3v) is 9.16. The number of fused-ring (bicyclic) bond motifs is 1. The van der Waals surface area contributed by atoms with Crippen molar-refractivity contribution >= 4 is 62.5 Å². The highest BCUT2D eigenvalue weighted by atomic mass is 32.2. The largest absolute Gasteiger partial charge is 0.382 e. The molecule has 17 heteroatoms. The summed E-state index contributed by atoms with van der Waals surface area (Å²) in [5.41, 5.74) is 16.6. The van der Waals surface area contributed by atoms with Crippen LogP contribution in [0.4, 0.5) is 51.2 Å². The molecule has 8 N–H and O–H groups in total. The van der Waals surface area contributed by atoms with E-state index in [-0.39, 0.29) is 53.5 Å². The number of nitrogens with two attached hydrogens (primary N) is 2. The van der Waals surface area contributed by atoms with Crippen molar-refractivity contribution < 1.29 is 12.8 Å². The van der Waals surface area contributed by atoms with Crippen LogP contribution < -0.4 is 37.0 Å². The number of aliphatic imine (C=N–C) groups is 1. The standard InChI is InChI=1S/C33H36FN13O2S/c1-19-4-6-20(7-5-19)26-18-25(40-27-28(35)42-30(36)43-29(27)41-26)21-8-14-24(15-9-21)50(48,49)38-17-16-37-31-44-32(46-33(45-31)47(2)3)39-23-12-10-22(34)11-13-23/h4-15,26,38H,16-18H2,1-3H3,(H5,35,36,41,42,43)(H2,37,39,44,45,46). The maximum absolute atomic E-state index is 13.3. The van der Waals surface area contributed by atoms with E-state index in [0.717, 1.165) is 11.1 Å². The van der Waals surface area contributed by atoms with Gasteiger partial charge in [-0.1, -0.05) is 42.0 Å². The van der Waals surface area contributed by atoms with Crippen LogP contribution in [0.2, 0.25) is 0 Å². The van der Waals surface area contributed by atoms with Crippen LogP contribution in [-0.4, -0.2) is 66.2 Å². The lowest BCUT2D eigenvalue weighted by Gasteiger charge is -2.19. The molecule has 1 unspecified atom stereocenters. The number of hydrogen-bond acceptors (Lipinski definition) is 14. The third kappa shape index (κ3) is 8.01. The fourth-order valence-electron chi connectivity index (χ4n) is 5.10. The number of nitrogens with one attached hydrogen (secondary N) is 4. The lowest BCUT2D eigenvalue weighted by Crippen LogP contribution is -2.29. The van der Waals surface area contributed by atoms with Gasteiger partial charge in [-0.05, 0) is 54.4 Å². The molecule has 258 valence electrons. The number of hydrogen-bond donors (Lipinski definition) is 6. The Morgan fingerprint density at radius 3 is 2.28 bits per heavy atom. The van der Waals surface area contributed by atoms with Crippen LogP contribution >= 0.6 is 0 Å². The van der Waals surface area contributed by atoms with Crippen molar-refractivity contribution in [3.63, 3.8) is 0 Å². The fraction of sp³-hybridized carbons (Fsp3) is 0.212. The molecule has 0 spiro atoms. The molecule has 0 radical (unpaired) electrons. The third-order valence-electron chi connectivity index (χ3n) is 7.69. The van der Waals surface area contributed by atoms with Crippen LogP contribution in [0.1, 0.15) is 29.2 Å². The Balaban J connectivity index is 1.14. The van der Waals surface area contributed by atoms with Gasteiger partial charge in [0.05, 0.1) is 16.6 Å². The minimum absolute atomic E-state index is 0.0301.